The Balaban J connectivity index is 1.47. The zero-order chi connectivity index (χ0) is 26.3. The second kappa shape index (κ2) is 9.75. The first-order chi connectivity index (χ1) is 16.9. The summed E-state index contributed by atoms with van der Waals surface area (Å²) in [5.74, 6) is -1.22. The molecule has 0 radical (unpaired) electrons. The van der Waals surface area contributed by atoms with Crippen LogP contribution in [0.4, 0.5) is 18.9 Å². The molecule has 6 nitrogen and oxygen atoms in total. The largest absolute Gasteiger partial charge is 0.414 e. The number of halogens is 3. The molecule has 1 aromatic heterocycles. The number of piperidine rings is 1. The first kappa shape index (κ1) is 26.0. The summed E-state index contributed by atoms with van der Waals surface area (Å²) in [7, 11) is 1.18. The fourth-order valence-corrected chi connectivity index (χ4v) is 5.52. The molecule has 1 aliphatic carbocycles. The van der Waals surface area contributed by atoms with Gasteiger partial charge in [-0.3, -0.25) is 14.6 Å². The summed E-state index contributed by atoms with van der Waals surface area (Å²) in [4.78, 5) is 31.0. The lowest BCUT2D eigenvalue weighted by Gasteiger charge is -2.36. The van der Waals surface area contributed by atoms with Crippen molar-refractivity contribution in [3.8, 4) is 0 Å². The molecule has 2 amide bonds. The molecule has 0 spiro atoms. The first-order valence-electron chi connectivity index (χ1n) is 12.3. The monoisotopic (exact) mass is 502 g/mol. The van der Waals surface area contributed by atoms with Gasteiger partial charge in [0.1, 0.15) is 0 Å². The Kier molecular flexibility index (Phi) is 7.03. The van der Waals surface area contributed by atoms with E-state index in [1.165, 1.54) is 37.4 Å². The Morgan fingerprint density at radius 3 is 2.36 bits per heavy atom. The number of carbonyl (C=O) groups excluding carboxylic acids is 2. The Bertz CT molecular complexity index is 1110. The van der Waals surface area contributed by atoms with Crippen LogP contribution in [0.15, 0.2) is 42.6 Å². The van der Waals surface area contributed by atoms with Crippen LogP contribution in [0.25, 0.3) is 0 Å². The Morgan fingerprint density at radius 2 is 1.81 bits per heavy atom. The molecule has 1 aromatic carbocycles. The SMILES string of the molecule is CC(=O)N1CCC(C(=O)N(C)[C@@H](c2ccc(N[C@H]3Cc4ccccc4C3(C)C)cn2)C(F)(F)F)CC1. The number of benzene rings is 1. The maximum Gasteiger partial charge on any atom is 0.414 e. The molecule has 1 fully saturated rings. The number of amides is 2. The van der Waals surface area contributed by atoms with Gasteiger partial charge in [0.2, 0.25) is 11.8 Å². The third kappa shape index (κ3) is 5.06. The standard InChI is InChI=1S/C27H33F3N4O2/c1-17(35)34-13-11-18(12-14-34)25(36)33(4)24(27(28,29)30)22-10-9-20(16-31-22)32-23-15-19-7-5-6-8-21(19)26(23,2)3/h5-10,16,18,23-24,32H,11-15H2,1-4H3/t23-,24-/m0/s1. The highest BCUT2D eigenvalue weighted by Gasteiger charge is 2.47. The van der Waals surface area contributed by atoms with Crippen LogP contribution in [-0.2, 0) is 21.4 Å². The summed E-state index contributed by atoms with van der Waals surface area (Å²) in [6.07, 6.45) is -1.75. The van der Waals surface area contributed by atoms with E-state index >= 15 is 0 Å². The van der Waals surface area contributed by atoms with E-state index in [1.54, 1.807) is 11.0 Å². The number of nitrogens with zero attached hydrogens (tertiary/aromatic N) is 3. The molecule has 0 saturated carbocycles. The molecular formula is C27H33F3N4O2. The summed E-state index contributed by atoms with van der Waals surface area (Å²) >= 11 is 0. The van der Waals surface area contributed by atoms with E-state index in [0.717, 1.165) is 11.3 Å². The van der Waals surface area contributed by atoms with Crippen molar-refractivity contribution in [2.24, 2.45) is 5.92 Å². The molecule has 0 unspecified atom stereocenters. The second-order valence-electron chi connectivity index (χ2n) is 10.4. The Hall–Kier alpha value is -3.10. The number of rotatable bonds is 5. The van der Waals surface area contributed by atoms with Gasteiger partial charge >= 0.3 is 6.18 Å². The maximum atomic E-state index is 14.1. The topological polar surface area (TPSA) is 65.5 Å². The molecule has 0 bridgehead atoms. The zero-order valence-corrected chi connectivity index (χ0v) is 21.1. The minimum Gasteiger partial charge on any atom is -0.380 e. The van der Waals surface area contributed by atoms with Gasteiger partial charge in [-0.15, -0.1) is 0 Å². The highest BCUT2D eigenvalue weighted by molar-refractivity contribution is 5.80. The normalized spacial score (nSPS) is 20.5. The van der Waals surface area contributed by atoms with Gasteiger partial charge in [-0.25, -0.2) is 0 Å². The summed E-state index contributed by atoms with van der Waals surface area (Å²) in [5.41, 5.74) is 2.79. The molecule has 9 heteroatoms. The smallest absolute Gasteiger partial charge is 0.380 e. The quantitative estimate of drug-likeness (QED) is 0.643. The molecule has 194 valence electrons. The van der Waals surface area contributed by atoms with Gasteiger partial charge in [0.25, 0.3) is 0 Å². The molecule has 2 heterocycles. The Morgan fingerprint density at radius 1 is 1.14 bits per heavy atom. The molecule has 4 rings (SSSR count). The number of nitrogens with one attached hydrogen (secondary N) is 1. The van der Waals surface area contributed by atoms with Crippen LogP contribution in [0.1, 0.15) is 56.5 Å². The molecule has 36 heavy (non-hydrogen) atoms. The van der Waals surface area contributed by atoms with Crippen LogP contribution < -0.4 is 5.32 Å². The number of alkyl halides is 3. The lowest BCUT2D eigenvalue weighted by molar-refractivity contribution is -0.191. The summed E-state index contributed by atoms with van der Waals surface area (Å²) in [5, 5.41) is 3.44. The number of pyridine rings is 1. The average Bonchev–Trinajstić information content (AvgIpc) is 3.08. The minimum atomic E-state index is -4.68. The van der Waals surface area contributed by atoms with Crippen LogP contribution in [0.3, 0.4) is 0 Å². The lowest BCUT2D eigenvalue weighted by Crippen LogP contribution is -2.46. The van der Waals surface area contributed by atoms with Crippen LogP contribution >= 0.6 is 0 Å². The van der Waals surface area contributed by atoms with Crippen LogP contribution in [-0.4, -0.2) is 59.0 Å². The highest BCUT2D eigenvalue weighted by Crippen LogP contribution is 2.41. The van der Waals surface area contributed by atoms with E-state index in [0.29, 0.717) is 31.6 Å². The van der Waals surface area contributed by atoms with E-state index in [2.05, 4.69) is 36.3 Å². The van der Waals surface area contributed by atoms with Crippen molar-refractivity contribution in [2.75, 3.05) is 25.5 Å². The molecule has 2 aliphatic rings. The fraction of sp³-hybridized carbons (Fsp3) is 0.519. The van der Waals surface area contributed by atoms with Gasteiger partial charge in [0.05, 0.1) is 17.6 Å². The van der Waals surface area contributed by atoms with Gasteiger partial charge < -0.3 is 15.1 Å². The second-order valence-corrected chi connectivity index (χ2v) is 10.4. The predicted molar refractivity (Wildman–Crippen MR) is 131 cm³/mol. The molecule has 2 aromatic rings. The van der Waals surface area contributed by atoms with Crippen molar-refractivity contribution in [3.63, 3.8) is 0 Å². The first-order valence-corrected chi connectivity index (χ1v) is 12.3. The van der Waals surface area contributed by atoms with Crippen molar-refractivity contribution >= 4 is 17.5 Å². The van der Waals surface area contributed by atoms with Crippen LogP contribution in [0, 0.1) is 5.92 Å². The molecule has 1 N–H and O–H groups in total. The minimum absolute atomic E-state index is 0.0751. The van der Waals surface area contributed by atoms with Gasteiger partial charge in [0.15, 0.2) is 6.04 Å². The van der Waals surface area contributed by atoms with Crippen LogP contribution in [0.2, 0.25) is 0 Å². The van der Waals surface area contributed by atoms with E-state index in [9.17, 15) is 22.8 Å². The average molecular weight is 503 g/mol. The number of anilines is 1. The number of hydrogen-bond acceptors (Lipinski definition) is 4. The summed E-state index contributed by atoms with van der Waals surface area (Å²) in [6.45, 7) is 6.50. The predicted octanol–water partition coefficient (Wildman–Crippen LogP) is 4.72. The van der Waals surface area contributed by atoms with Gasteiger partial charge in [-0.05, 0) is 42.5 Å². The number of fused-ring (bicyclic) bond motifs is 1. The van der Waals surface area contributed by atoms with E-state index in [-0.39, 0.29) is 23.1 Å². The van der Waals surface area contributed by atoms with Crippen molar-refractivity contribution in [1.29, 1.82) is 0 Å². The molecular weight excluding hydrogens is 469 g/mol. The maximum absolute atomic E-state index is 14.1. The van der Waals surface area contributed by atoms with Gasteiger partial charge in [-0.2, -0.15) is 13.2 Å². The number of hydrogen-bond donors (Lipinski definition) is 1. The lowest BCUT2D eigenvalue weighted by atomic mass is 9.83. The van der Waals surface area contributed by atoms with Crippen molar-refractivity contribution in [3.05, 3.63) is 59.4 Å². The van der Waals surface area contributed by atoms with Crippen molar-refractivity contribution in [1.82, 2.24) is 14.8 Å². The molecule has 1 aliphatic heterocycles. The van der Waals surface area contributed by atoms with E-state index < -0.39 is 24.0 Å². The van der Waals surface area contributed by atoms with Crippen molar-refractivity contribution in [2.45, 2.75) is 63.7 Å². The van der Waals surface area contributed by atoms with Crippen LogP contribution in [0.5, 0.6) is 0 Å². The van der Waals surface area contributed by atoms with E-state index in [4.69, 9.17) is 0 Å². The third-order valence-electron chi connectivity index (χ3n) is 7.75. The highest BCUT2D eigenvalue weighted by atomic mass is 19.4. The number of likely N-dealkylation sites (tertiary alicyclic amines) is 1. The Labute approximate surface area is 209 Å². The van der Waals surface area contributed by atoms with E-state index in [1.807, 2.05) is 12.1 Å². The summed E-state index contributed by atoms with van der Waals surface area (Å²) < 4.78 is 42.4. The molecule has 1 saturated heterocycles. The number of aromatic nitrogens is 1. The van der Waals surface area contributed by atoms with Gasteiger partial charge in [-0.1, -0.05) is 38.1 Å². The fourth-order valence-electron chi connectivity index (χ4n) is 5.52. The molecule has 2 atom stereocenters. The number of carbonyl (C=O) groups is 2. The third-order valence-corrected chi connectivity index (χ3v) is 7.75. The van der Waals surface area contributed by atoms with Crippen molar-refractivity contribution < 1.29 is 22.8 Å². The summed E-state index contributed by atoms with van der Waals surface area (Å²) in [6, 6.07) is 9.12. The zero-order valence-electron chi connectivity index (χ0n) is 21.1. The van der Waals surface area contributed by atoms with Gasteiger partial charge in [0, 0.05) is 44.4 Å².